The Bertz CT molecular complexity index is 318. The maximum Gasteiger partial charge on any atom is 0.490 e. The van der Waals surface area contributed by atoms with Crippen LogP contribution >= 0.6 is 0 Å². The van der Waals surface area contributed by atoms with Crippen molar-refractivity contribution in [1.82, 2.24) is 4.98 Å². The molecule has 0 unspecified atom stereocenters. The normalized spacial score (nSPS) is 10.1. The van der Waals surface area contributed by atoms with Crippen LogP contribution in [0.3, 0.4) is 0 Å². The Labute approximate surface area is 90.1 Å². The summed E-state index contributed by atoms with van der Waals surface area (Å²) in [5, 5.41) is 17.9. The SMILES string of the molecule is CCCCOc1ncc(B(O)O)cc1C. The number of hydrogen-bond acceptors (Lipinski definition) is 4. The number of pyridine rings is 1. The van der Waals surface area contributed by atoms with E-state index in [0.29, 0.717) is 17.9 Å². The van der Waals surface area contributed by atoms with Gasteiger partial charge in [0.25, 0.3) is 0 Å². The molecule has 0 aliphatic carbocycles. The van der Waals surface area contributed by atoms with Crippen LogP contribution in [0.15, 0.2) is 12.3 Å². The molecule has 15 heavy (non-hydrogen) atoms. The molecule has 4 nitrogen and oxygen atoms in total. The maximum atomic E-state index is 8.93. The molecule has 2 N–H and O–H groups in total. The minimum absolute atomic E-state index is 0.385. The van der Waals surface area contributed by atoms with Gasteiger partial charge in [-0.15, -0.1) is 0 Å². The molecule has 82 valence electrons. The van der Waals surface area contributed by atoms with E-state index in [0.717, 1.165) is 18.4 Å². The minimum atomic E-state index is -1.47. The fraction of sp³-hybridized carbons (Fsp3) is 0.500. The quantitative estimate of drug-likeness (QED) is 0.538. The minimum Gasteiger partial charge on any atom is -0.477 e. The smallest absolute Gasteiger partial charge is 0.477 e. The average Bonchev–Trinajstić information content (AvgIpc) is 2.20. The first-order valence-electron chi connectivity index (χ1n) is 5.10. The van der Waals surface area contributed by atoms with E-state index in [1.807, 2.05) is 6.92 Å². The Morgan fingerprint density at radius 1 is 1.47 bits per heavy atom. The van der Waals surface area contributed by atoms with E-state index in [1.54, 1.807) is 6.07 Å². The second kappa shape index (κ2) is 5.73. The van der Waals surface area contributed by atoms with Crippen LogP contribution in [0, 0.1) is 6.92 Å². The molecule has 1 rings (SSSR count). The number of rotatable bonds is 5. The van der Waals surface area contributed by atoms with Crippen LogP contribution in [0.5, 0.6) is 5.88 Å². The van der Waals surface area contributed by atoms with Crippen molar-refractivity contribution in [2.45, 2.75) is 26.7 Å². The molecule has 0 aliphatic rings. The monoisotopic (exact) mass is 209 g/mol. The molecule has 0 saturated carbocycles. The van der Waals surface area contributed by atoms with Gasteiger partial charge in [-0.1, -0.05) is 19.4 Å². The number of unbranched alkanes of at least 4 members (excludes halogenated alkanes) is 1. The summed E-state index contributed by atoms with van der Waals surface area (Å²) in [5.41, 5.74) is 1.20. The number of aromatic nitrogens is 1. The first-order valence-corrected chi connectivity index (χ1v) is 5.10. The summed E-state index contributed by atoms with van der Waals surface area (Å²) in [6.45, 7) is 4.57. The van der Waals surface area contributed by atoms with E-state index in [-0.39, 0.29) is 0 Å². The van der Waals surface area contributed by atoms with Crippen LogP contribution < -0.4 is 10.2 Å². The highest BCUT2D eigenvalue weighted by Crippen LogP contribution is 2.11. The molecule has 1 aromatic heterocycles. The number of aryl methyl sites for hydroxylation is 1. The van der Waals surface area contributed by atoms with E-state index >= 15 is 0 Å². The van der Waals surface area contributed by atoms with Crippen molar-refractivity contribution >= 4 is 12.6 Å². The second-order valence-electron chi connectivity index (χ2n) is 3.47. The van der Waals surface area contributed by atoms with Gasteiger partial charge in [-0.25, -0.2) is 4.98 Å². The van der Waals surface area contributed by atoms with Crippen LogP contribution in [0.2, 0.25) is 0 Å². The highest BCUT2D eigenvalue weighted by Gasteiger charge is 2.13. The van der Waals surface area contributed by atoms with Gasteiger partial charge in [0.05, 0.1) is 6.61 Å². The lowest BCUT2D eigenvalue weighted by molar-refractivity contribution is 0.295. The van der Waals surface area contributed by atoms with Crippen molar-refractivity contribution < 1.29 is 14.8 Å². The fourth-order valence-corrected chi connectivity index (χ4v) is 1.19. The largest absolute Gasteiger partial charge is 0.490 e. The number of ether oxygens (including phenoxy) is 1. The van der Waals surface area contributed by atoms with Gasteiger partial charge in [0.15, 0.2) is 0 Å². The Morgan fingerprint density at radius 2 is 2.20 bits per heavy atom. The summed E-state index contributed by atoms with van der Waals surface area (Å²) in [6.07, 6.45) is 3.48. The van der Waals surface area contributed by atoms with Crippen LogP contribution in [0.25, 0.3) is 0 Å². The standard InChI is InChI=1S/C10H16BNO3/c1-3-4-5-15-10-8(2)6-9(7-12-10)11(13)14/h6-7,13-14H,3-5H2,1-2H3. The molecular formula is C10H16BNO3. The zero-order valence-electron chi connectivity index (χ0n) is 9.10. The van der Waals surface area contributed by atoms with Gasteiger partial charge >= 0.3 is 7.12 Å². The molecule has 0 amide bonds. The van der Waals surface area contributed by atoms with Gasteiger partial charge in [0.1, 0.15) is 0 Å². The summed E-state index contributed by atoms with van der Waals surface area (Å²) in [6, 6.07) is 1.67. The lowest BCUT2D eigenvalue weighted by atomic mass is 9.81. The van der Waals surface area contributed by atoms with E-state index in [9.17, 15) is 0 Å². The van der Waals surface area contributed by atoms with Crippen molar-refractivity contribution in [2.24, 2.45) is 0 Å². The molecular weight excluding hydrogens is 193 g/mol. The number of hydrogen-bond donors (Lipinski definition) is 2. The Morgan fingerprint density at radius 3 is 2.73 bits per heavy atom. The highest BCUT2D eigenvalue weighted by molar-refractivity contribution is 6.58. The van der Waals surface area contributed by atoms with Crippen molar-refractivity contribution in [3.63, 3.8) is 0 Å². The molecule has 0 aromatic carbocycles. The third-order valence-corrected chi connectivity index (χ3v) is 2.09. The third kappa shape index (κ3) is 3.53. The van der Waals surface area contributed by atoms with E-state index in [1.165, 1.54) is 6.20 Å². The highest BCUT2D eigenvalue weighted by atomic mass is 16.5. The first-order chi connectivity index (χ1) is 7.15. The van der Waals surface area contributed by atoms with Crippen LogP contribution in [-0.4, -0.2) is 28.8 Å². The van der Waals surface area contributed by atoms with E-state index in [2.05, 4.69) is 11.9 Å². The van der Waals surface area contributed by atoms with Crippen molar-refractivity contribution in [1.29, 1.82) is 0 Å². The van der Waals surface area contributed by atoms with Gasteiger partial charge in [-0.3, -0.25) is 0 Å². The Kier molecular flexibility index (Phi) is 4.58. The maximum absolute atomic E-state index is 8.93. The molecule has 0 bridgehead atoms. The summed E-state index contributed by atoms with van der Waals surface area (Å²) in [5.74, 6) is 0.563. The van der Waals surface area contributed by atoms with E-state index < -0.39 is 7.12 Å². The van der Waals surface area contributed by atoms with E-state index in [4.69, 9.17) is 14.8 Å². The molecule has 5 heteroatoms. The summed E-state index contributed by atoms with van der Waals surface area (Å²) < 4.78 is 5.44. The molecule has 0 atom stereocenters. The van der Waals surface area contributed by atoms with Gasteiger partial charge < -0.3 is 14.8 Å². The first kappa shape index (κ1) is 12.0. The second-order valence-corrected chi connectivity index (χ2v) is 3.47. The lowest BCUT2D eigenvalue weighted by Gasteiger charge is -2.08. The third-order valence-electron chi connectivity index (χ3n) is 2.09. The van der Waals surface area contributed by atoms with Crippen molar-refractivity contribution in [3.05, 3.63) is 17.8 Å². The van der Waals surface area contributed by atoms with Crippen molar-refractivity contribution in [3.8, 4) is 5.88 Å². The molecule has 0 saturated heterocycles. The molecule has 0 aliphatic heterocycles. The van der Waals surface area contributed by atoms with Gasteiger partial charge in [-0.05, 0) is 13.3 Å². The predicted octanol–water partition coefficient (Wildman–Crippen LogP) is 0.249. The van der Waals surface area contributed by atoms with Gasteiger partial charge in [0.2, 0.25) is 5.88 Å². The topological polar surface area (TPSA) is 62.6 Å². The lowest BCUT2D eigenvalue weighted by Crippen LogP contribution is -2.30. The molecule has 1 aromatic rings. The molecule has 0 radical (unpaired) electrons. The molecule has 1 heterocycles. The average molecular weight is 209 g/mol. The summed E-state index contributed by atoms with van der Waals surface area (Å²) in [7, 11) is -1.47. The van der Waals surface area contributed by atoms with Gasteiger partial charge in [0, 0.05) is 17.2 Å². The van der Waals surface area contributed by atoms with Crippen molar-refractivity contribution in [2.75, 3.05) is 6.61 Å². The molecule has 0 spiro atoms. The van der Waals surface area contributed by atoms with Crippen LogP contribution in [-0.2, 0) is 0 Å². The number of nitrogens with zero attached hydrogens (tertiary/aromatic N) is 1. The summed E-state index contributed by atoms with van der Waals surface area (Å²) in [4.78, 5) is 4.03. The van der Waals surface area contributed by atoms with Crippen LogP contribution in [0.1, 0.15) is 25.3 Å². The fourth-order valence-electron chi connectivity index (χ4n) is 1.19. The zero-order chi connectivity index (χ0) is 11.3. The summed E-state index contributed by atoms with van der Waals surface area (Å²) >= 11 is 0. The van der Waals surface area contributed by atoms with Gasteiger partial charge in [-0.2, -0.15) is 0 Å². The zero-order valence-corrected chi connectivity index (χ0v) is 9.10. The van der Waals surface area contributed by atoms with Crippen LogP contribution in [0.4, 0.5) is 0 Å². The molecule has 0 fully saturated rings. The Balaban J connectivity index is 2.66. The Hall–Kier alpha value is -1.07. The predicted molar refractivity (Wildman–Crippen MR) is 59.2 cm³/mol.